The van der Waals surface area contributed by atoms with Crippen molar-refractivity contribution in [3.05, 3.63) is 12.2 Å². The molecule has 0 aromatic rings. The van der Waals surface area contributed by atoms with Crippen molar-refractivity contribution in [3.8, 4) is 0 Å². The summed E-state index contributed by atoms with van der Waals surface area (Å²) in [5.74, 6) is 2.56. The van der Waals surface area contributed by atoms with E-state index in [9.17, 15) is 4.79 Å². The summed E-state index contributed by atoms with van der Waals surface area (Å²) in [7, 11) is 1.46. The lowest BCUT2D eigenvalue weighted by molar-refractivity contribution is -0.140. The van der Waals surface area contributed by atoms with Gasteiger partial charge in [-0.3, -0.25) is 4.79 Å². The number of carbonyl (C=O) groups excluding carboxylic acids is 1. The Bertz CT molecular complexity index is 257. The molecule has 2 bridgehead atoms. The standard InChI is InChI=1S/C13H20O2/c1-15-13(14)5-3-2-4-11-8-10-6-7-12(11)9-10/h6-7,10-12H,2-5,8-9H2,1H3. The van der Waals surface area contributed by atoms with E-state index in [0.717, 1.165) is 24.2 Å². The first-order valence-corrected chi connectivity index (χ1v) is 6.04. The molecule has 0 amide bonds. The first-order valence-electron chi connectivity index (χ1n) is 6.04. The predicted molar refractivity (Wildman–Crippen MR) is 59.3 cm³/mol. The zero-order valence-electron chi connectivity index (χ0n) is 9.45. The van der Waals surface area contributed by atoms with E-state index in [1.54, 1.807) is 0 Å². The molecule has 2 aliphatic rings. The molecule has 2 aliphatic carbocycles. The van der Waals surface area contributed by atoms with Crippen molar-refractivity contribution in [1.29, 1.82) is 0 Å². The van der Waals surface area contributed by atoms with Gasteiger partial charge in [-0.1, -0.05) is 18.6 Å². The highest BCUT2D eigenvalue weighted by molar-refractivity contribution is 5.68. The first kappa shape index (κ1) is 10.7. The molecule has 0 saturated heterocycles. The largest absolute Gasteiger partial charge is 0.469 e. The number of fused-ring (bicyclic) bond motifs is 2. The summed E-state index contributed by atoms with van der Waals surface area (Å²) >= 11 is 0. The van der Waals surface area contributed by atoms with Gasteiger partial charge in [0.2, 0.25) is 0 Å². The zero-order chi connectivity index (χ0) is 10.7. The molecular formula is C13H20O2. The van der Waals surface area contributed by atoms with E-state index in [4.69, 9.17) is 0 Å². The van der Waals surface area contributed by atoms with Crippen LogP contribution in [0.1, 0.15) is 38.5 Å². The maximum Gasteiger partial charge on any atom is 0.305 e. The number of esters is 1. The lowest BCUT2D eigenvalue weighted by atomic mass is 9.89. The lowest BCUT2D eigenvalue weighted by Gasteiger charge is -2.17. The molecule has 0 N–H and O–H groups in total. The van der Waals surface area contributed by atoms with Gasteiger partial charge in [-0.2, -0.15) is 0 Å². The Balaban J connectivity index is 1.59. The highest BCUT2D eigenvalue weighted by atomic mass is 16.5. The number of unbranched alkanes of at least 4 members (excludes halogenated alkanes) is 1. The molecule has 3 atom stereocenters. The van der Waals surface area contributed by atoms with Crippen molar-refractivity contribution >= 4 is 5.97 Å². The molecule has 1 saturated carbocycles. The molecule has 0 aromatic heterocycles. The second-order valence-corrected chi connectivity index (χ2v) is 4.86. The molecule has 84 valence electrons. The van der Waals surface area contributed by atoms with Crippen LogP contribution in [0.5, 0.6) is 0 Å². The van der Waals surface area contributed by atoms with Crippen LogP contribution in [0.2, 0.25) is 0 Å². The Morgan fingerprint density at radius 2 is 2.20 bits per heavy atom. The Labute approximate surface area is 91.7 Å². The summed E-state index contributed by atoms with van der Waals surface area (Å²) in [6.07, 6.45) is 11.6. The van der Waals surface area contributed by atoms with Crippen LogP contribution >= 0.6 is 0 Å². The highest BCUT2D eigenvalue weighted by Gasteiger charge is 2.34. The quantitative estimate of drug-likeness (QED) is 0.394. The molecule has 1 fully saturated rings. The van der Waals surface area contributed by atoms with Crippen molar-refractivity contribution in [3.63, 3.8) is 0 Å². The van der Waals surface area contributed by atoms with Gasteiger partial charge in [-0.05, 0) is 43.4 Å². The van der Waals surface area contributed by atoms with Gasteiger partial charge >= 0.3 is 5.97 Å². The zero-order valence-corrected chi connectivity index (χ0v) is 9.45. The van der Waals surface area contributed by atoms with Crippen molar-refractivity contribution in [2.75, 3.05) is 7.11 Å². The van der Waals surface area contributed by atoms with Gasteiger partial charge in [-0.25, -0.2) is 0 Å². The van der Waals surface area contributed by atoms with Crippen LogP contribution in [-0.2, 0) is 9.53 Å². The summed E-state index contributed by atoms with van der Waals surface area (Å²) < 4.78 is 4.62. The molecule has 0 heterocycles. The Kier molecular flexibility index (Phi) is 3.45. The van der Waals surface area contributed by atoms with Crippen LogP contribution < -0.4 is 0 Å². The number of hydrogen-bond donors (Lipinski definition) is 0. The monoisotopic (exact) mass is 208 g/mol. The second-order valence-electron chi connectivity index (χ2n) is 4.86. The van der Waals surface area contributed by atoms with E-state index < -0.39 is 0 Å². The van der Waals surface area contributed by atoms with Crippen LogP contribution in [0.25, 0.3) is 0 Å². The summed E-state index contributed by atoms with van der Waals surface area (Å²) in [5, 5.41) is 0. The number of hydrogen-bond acceptors (Lipinski definition) is 2. The van der Waals surface area contributed by atoms with E-state index in [2.05, 4.69) is 16.9 Å². The van der Waals surface area contributed by atoms with Gasteiger partial charge in [0.15, 0.2) is 0 Å². The van der Waals surface area contributed by atoms with Gasteiger partial charge < -0.3 is 4.74 Å². The molecule has 3 unspecified atom stereocenters. The minimum atomic E-state index is -0.0668. The average Bonchev–Trinajstić information content (AvgIpc) is 2.85. The molecule has 2 nitrogen and oxygen atoms in total. The number of methoxy groups -OCH3 is 1. The van der Waals surface area contributed by atoms with Gasteiger partial charge in [0.25, 0.3) is 0 Å². The minimum Gasteiger partial charge on any atom is -0.469 e. The summed E-state index contributed by atoms with van der Waals surface area (Å²) in [4.78, 5) is 10.9. The van der Waals surface area contributed by atoms with Crippen molar-refractivity contribution in [2.45, 2.75) is 38.5 Å². The molecule has 0 aliphatic heterocycles. The van der Waals surface area contributed by atoms with E-state index in [-0.39, 0.29) is 5.97 Å². The fraction of sp³-hybridized carbons (Fsp3) is 0.769. The van der Waals surface area contributed by atoms with Gasteiger partial charge in [0.1, 0.15) is 0 Å². The fourth-order valence-corrected chi connectivity index (χ4v) is 3.00. The van der Waals surface area contributed by atoms with Crippen LogP contribution in [-0.4, -0.2) is 13.1 Å². The smallest absolute Gasteiger partial charge is 0.305 e. The van der Waals surface area contributed by atoms with Crippen LogP contribution in [0.15, 0.2) is 12.2 Å². The number of allylic oxidation sites excluding steroid dienone is 2. The normalized spacial score (nSPS) is 32.2. The predicted octanol–water partition coefficient (Wildman–Crippen LogP) is 2.93. The number of ether oxygens (including phenoxy) is 1. The van der Waals surface area contributed by atoms with Gasteiger partial charge in [-0.15, -0.1) is 0 Å². The van der Waals surface area contributed by atoms with Crippen molar-refractivity contribution < 1.29 is 9.53 Å². The molecule has 0 aromatic carbocycles. The van der Waals surface area contributed by atoms with E-state index in [1.165, 1.54) is 32.8 Å². The molecule has 2 rings (SSSR count). The lowest BCUT2D eigenvalue weighted by Crippen LogP contribution is -2.07. The van der Waals surface area contributed by atoms with Gasteiger partial charge in [0.05, 0.1) is 7.11 Å². The van der Waals surface area contributed by atoms with E-state index in [1.807, 2.05) is 0 Å². The Hall–Kier alpha value is -0.790. The van der Waals surface area contributed by atoms with Gasteiger partial charge in [0, 0.05) is 6.42 Å². The van der Waals surface area contributed by atoms with E-state index in [0.29, 0.717) is 6.42 Å². The summed E-state index contributed by atoms with van der Waals surface area (Å²) in [5.41, 5.74) is 0. The summed E-state index contributed by atoms with van der Waals surface area (Å²) in [6, 6.07) is 0. The maximum atomic E-state index is 10.9. The fourth-order valence-electron chi connectivity index (χ4n) is 3.00. The van der Waals surface area contributed by atoms with Crippen molar-refractivity contribution in [1.82, 2.24) is 0 Å². The average molecular weight is 208 g/mol. The molecule has 2 heteroatoms. The Morgan fingerprint density at radius 3 is 2.80 bits per heavy atom. The second kappa shape index (κ2) is 4.82. The van der Waals surface area contributed by atoms with Crippen LogP contribution in [0.3, 0.4) is 0 Å². The number of rotatable bonds is 5. The SMILES string of the molecule is COC(=O)CCCCC1CC2C=CC1C2. The topological polar surface area (TPSA) is 26.3 Å². The third-order valence-corrected chi connectivity index (χ3v) is 3.85. The molecular weight excluding hydrogens is 188 g/mol. The third kappa shape index (κ3) is 2.61. The first-order chi connectivity index (χ1) is 7.29. The Morgan fingerprint density at radius 1 is 1.33 bits per heavy atom. The summed E-state index contributed by atoms with van der Waals surface area (Å²) in [6.45, 7) is 0. The van der Waals surface area contributed by atoms with Crippen molar-refractivity contribution in [2.24, 2.45) is 17.8 Å². The van der Waals surface area contributed by atoms with Crippen LogP contribution in [0.4, 0.5) is 0 Å². The maximum absolute atomic E-state index is 10.9. The van der Waals surface area contributed by atoms with Crippen LogP contribution in [0, 0.1) is 17.8 Å². The molecule has 0 radical (unpaired) electrons. The molecule has 0 spiro atoms. The van der Waals surface area contributed by atoms with E-state index >= 15 is 0 Å². The molecule has 15 heavy (non-hydrogen) atoms. The minimum absolute atomic E-state index is 0.0668. The highest BCUT2D eigenvalue weighted by Crippen LogP contribution is 2.45. The third-order valence-electron chi connectivity index (χ3n) is 3.85. The number of carbonyl (C=O) groups is 1.